The van der Waals surface area contributed by atoms with E-state index >= 15 is 0 Å². The molecule has 0 spiro atoms. The summed E-state index contributed by atoms with van der Waals surface area (Å²) >= 11 is 0. The number of hydrogen-bond acceptors (Lipinski definition) is 8. The van der Waals surface area contributed by atoms with E-state index in [1.165, 1.54) is 17.3 Å². The van der Waals surface area contributed by atoms with Gasteiger partial charge in [0.05, 0.1) is 24.4 Å². The monoisotopic (exact) mass is 661 g/mol. The Morgan fingerprint density at radius 2 is 1.91 bits per heavy atom. The molecule has 11 nitrogen and oxygen atoms in total. The number of rotatable bonds is 6. The van der Waals surface area contributed by atoms with E-state index in [1.54, 1.807) is 26.0 Å². The third-order valence-electron chi connectivity index (χ3n) is 8.94. The number of anilines is 1. The Balaban J connectivity index is 1.43. The van der Waals surface area contributed by atoms with Crippen LogP contribution in [0, 0.1) is 25.6 Å². The highest BCUT2D eigenvalue weighted by Crippen LogP contribution is 2.38. The molecule has 0 aromatic carbocycles. The molecule has 0 radical (unpaired) electrons. The summed E-state index contributed by atoms with van der Waals surface area (Å²) in [5.41, 5.74) is 1.90. The van der Waals surface area contributed by atoms with Crippen molar-refractivity contribution in [3.63, 3.8) is 0 Å². The summed E-state index contributed by atoms with van der Waals surface area (Å²) in [4.78, 5) is 23.0. The summed E-state index contributed by atoms with van der Waals surface area (Å²) in [6.07, 6.45) is -0.126. The summed E-state index contributed by atoms with van der Waals surface area (Å²) in [7, 11) is -4.23. The Morgan fingerprint density at radius 1 is 1.15 bits per heavy atom. The van der Waals surface area contributed by atoms with Gasteiger partial charge >= 0.3 is 12.1 Å². The van der Waals surface area contributed by atoms with Crippen LogP contribution in [0.3, 0.4) is 0 Å². The van der Waals surface area contributed by atoms with Gasteiger partial charge in [-0.05, 0) is 68.0 Å². The molecule has 0 saturated carbocycles. The zero-order chi connectivity index (χ0) is 33.1. The number of piperidine rings is 1. The number of aryl methyl sites for hydroxylation is 2. The maximum atomic E-state index is 14.4. The molecule has 2 aliphatic rings. The van der Waals surface area contributed by atoms with Gasteiger partial charge in [0.25, 0.3) is 0 Å². The lowest BCUT2D eigenvalue weighted by molar-refractivity contribution is -0.145. The van der Waals surface area contributed by atoms with Crippen molar-refractivity contribution in [3.05, 3.63) is 76.4 Å². The molecule has 16 heteroatoms. The first-order valence-electron chi connectivity index (χ1n) is 14.7. The van der Waals surface area contributed by atoms with Crippen molar-refractivity contribution < 1.29 is 35.9 Å². The van der Waals surface area contributed by atoms with Crippen LogP contribution < -0.4 is 4.90 Å². The molecule has 1 saturated heterocycles. The molecule has 244 valence electrons. The van der Waals surface area contributed by atoms with Crippen LogP contribution in [0.4, 0.5) is 23.4 Å². The van der Waals surface area contributed by atoms with Gasteiger partial charge in [0, 0.05) is 36.9 Å². The fraction of sp³-hybridized carbons (Fsp3) is 0.433. The first-order valence-corrected chi connectivity index (χ1v) is 16.2. The summed E-state index contributed by atoms with van der Waals surface area (Å²) in [5, 5.41) is 17.1. The average Bonchev–Trinajstić information content (AvgIpc) is 3.42. The molecule has 3 atom stereocenters. The van der Waals surface area contributed by atoms with Crippen molar-refractivity contribution in [1.82, 2.24) is 28.9 Å². The Labute approximate surface area is 262 Å². The maximum Gasteiger partial charge on any atom is 0.452 e. The normalized spacial score (nSPS) is 19.7. The lowest BCUT2D eigenvalue weighted by atomic mass is 9.82. The zero-order valence-electron chi connectivity index (χ0n) is 25.2. The van der Waals surface area contributed by atoms with Crippen molar-refractivity contribution in [2.75, 3.05) is 18.0 Å². The first kappa shape index (κ1) is 31.8. The van der Waals surface area contributed by atoms with Gasteiger partial charge in [0.1, 0.15) is 16.5 Å². The number of aliphatic carboxylic acids is 1. The molecule has 2 aliphatic heterocycles. The molecule has 4 aromatic rings. The van der Waals surface area contributed by atoms with Gasteiger partial charge in [-0.3, -0.25) is 14.2 Å². The topological polar surface area (TPSA) is 134 Å². The van der Waals surface area contributed by atoms with Crippen molar-refractivity contribution in [2.24, 2.45) is 5.92 Å². The van der Waals surface area contributed by atoms with Crippen molar-refractivity contribution in [2.45, 2.75) is 69.6 Å². The van der Waals surface area contributed by atoms with E-state index in [9.17, 15) is 35.9 Å². The van der Waals surface area contributed by atoms with E-state index in [0.29, 0.717) is 28.9 Å². The van der Waals surface area contributed by atoms with Gasteiger partial charge < -0.3 is 10.0 Å². The van der Waals surface area contributed by atoms with Crippen LogP contribution in [0.15, 0.2) is 41.6 Å². The first-order chi connectivity index (χ1) is 21.7. The largest absolute Gasteiger partial charge is 0.481 e. The number of fused-ring (bicyclic) bond motifs is 4. The number of carboxylic acids is 1. The second kappa shape index (κ2) is 11.6. The van der Waals surface area contributed by atoms with Crippen molar-refractivity contribution >= 4 is 27.5 Å². The summed E-state index contributed by atoms with van der Waals surface area (Å²) in [5.74, 6) is -4.93. The number of hydrogen-bond donors (Lipinski definition) is 1. The Hall–Kier alpha value is -4.18. The minimum absolute atomic E-state index is 0.0769. The number of sulfonamides is 1. The van der Waals surface area contributed by atoms with Gasteiger partial charge in [-0.1, -0.05) is 13.0 Å². The fourth-order valence-corrected chi connectivity index (χ4v) is 8.05. The Kier molecular flexibility index (Phi) is 7.99. The summed E-state index contributed by atoms with van der Waals surface area (Å²) in [6, 6.07) is 5.54. The highest BCUT2D eigenvalue weighted by molar-refractivity contribution is 7.89. The SMILES string of the molecule is Cc1ccc(C(c2ccn3c(C(F)(F)F)nnc3c2C)C(C)C(=O)O)nc1CN1C[C@@H]2CCCCN2c2ncc(F)cc2S1(=O)=O. The number of carboxylic acid groups (broad SMARTS) is 1. The van der Waals surface area contributed by atoms with E-state index in [-0.39, 0.29) is 41.2 Å². The van der Waals surface area contributed by atoms with E-state index in [0.717, 1.165) is 42.1 Å². The molecule has 6 heterocycles. The second-order valence-corrected chi connectivity index (χ2v) is 13.7. The standard InChI is InChI=1S/C30H31F4N7O4S/c1-16-7-8-22(25(18(3)28(42)43)21-9-11-41-26(17(21)2)37-38-29(41)30(32,33)34)36-23(16)15-39-14-20-6-4-5-10-40(20)27-24(46(39,44)45)12-19(31)13-35-27/h7-9,11-13,18,20,25H,4-6,10,14-15H2,1-3H3,(H,42,43)/t18?,20-,25?/m0/s1. The van der Waals surface area contributed by atoms with Gasteiger partial charge in [0.2, 0.25) is 15.8 Å². The summed E-state index contributed by atoms with van der Waals surface area (Å²) < 4.78 is 85.0. The van der Waals surface area contributed by atoms with Crippen molar-refractivity contribution in [1.29, 1.82) is 0 Å². The molecule has 46 heavy (non-hydrogen) atoms. The lowest BCUT2D eigenvalue weighted by Crippen LogP contribution is -2.45. The number of carbonyl (C=O) groups is 1. The number of pyridine rings is 3. The third-order valence-corrected chi connectivity index (χ3v) is 10.8. The molecule has 0 bridgehead atoms. The number of halogens is 4. The molecular weight excluding hydrogens is 630 g/mol. The molecular formula is C30H31F4N7O4S. The lowest BCUT2D eigenvalue weighted by Gasteiger charge is -2.36. The molecule has 2 unspecified atom stereocenters. The minimum atomic E-state index is -4.75. The fourth-order valence-electron chi connectivity index (χ4n) is 6.45. The molecule has 0 aliphatic carbocycles. The third kappa shape index (κ3) is 5.46. The van der Waals surface area contributed by atoms with Crippen molar-refractivity contribution in [3.8, 4) is 0 Å². The van der Waals surface area contributed by atoms with Gasteiger partial charge in [0.15, 0.2) is 5.65 Å². The minimum Gasteiger partial charge on any atom is -0.481 e. The number of aromatic nitrogens is 5. The second-order valence-electron chi connectivity index (χ2n) is 11.8. The zero-order valence-corrected chi connectivity index (χ0v) is 26.0. The predicted octanol–water partition coefficient (Wildman–Crippen LogP) is 4.71. The van der Waals surface area contributed by atoms with Gasteiger partial charge in [-0.25, -0.2) is 17.8 Å². The average molecular weight is 662 g/mol. The van der Waals surface area contributed by atoms with E-state index in [4.69, 9.17) is 4.98 Å². The molecule has 1 fully saturated rings. The predicted molar refractivity (Wildman–Crippen MR) is 157 cm³/mol. The van der Waals surface area contributed by atoms with Gasteiger partial charge in [-0.15, -0.1) is 10.2 Å². The van der Waals surface area contributed by atoms with E-state index in [2.05, 4.69) is 15.2 Å². The highest BCUT2D eigenvalue weighted by Gasteiger charge is 2.41. The summed E-state index contributed by atoms with van der Waals surface area (Å²) in [6.45, 7) is 5.29. The molecule has 1 N–H and O–H groups in total. The van der Waals surface area contributed by atoms with Crippen LogP contribution in [0.5, 0.6) is 0 Å². The Morgan fingerprint density at radius 3 is 2.63 bits per heavy atom. The van der Waals surface area contributed by atoms with Crippen LogP contribution in [-0.2, 0) is 27.5 Å². The highest BCUT2D eigenvalue weighted by atomic mass is 32.2. The maximum absolute atomic E-state index is 14.4. The van der Waals surface area contributed by atoms with Crippen LogP contribution in [0.2, 0.25) is 0 Å². The Bertz CT molecular complexity index is 1950. The van der Waals surface area contributed by atoms with E-state index < -0.39 is 45.6 Å². The molecule has 6 rings (SSSR count). The quantitative estimate of drug-likeness (QED) is 0.292. The van der Waals surface area contributed by atoms with E-state index in [1.807, 2.05) is 4.90 Å². The van der Waals surface area contributed by atoms with Crippen LogP contribution in [-0.4, -0.2) is 67.5 Å². The van der Waals surface area contributed by atoms with Crippen LogP contribution >= 0.6 is 0 Å². The number of alkyl halides is 3. The molecule has 4 aromatic heterocycles. The van der Waals surface area contributed by atoms with Crippen LogP contribution in [0.1, 0.15) is 66.0 Å². The number of nitrogens with zero attached hydrogens (tertiary/aromatic N) is 7. The van der Waals surface area contributed by atoms with Gasteiger partial charge in [-0.2, -0.15) is 17.5 Å². The molecule has 0 amide bonds. The van der Waals surface area contributed by atoms with Crippen LogP contribution in [0.25, 0.3) is 5.65 Å². The smallest absolute Gasteiger partial charge is 0.452 e.